The number of benzene rings is 7. The molecule has 0 spiro atoms. The van der Waals surface area contributed by atoms with Crippen LogP contribution in [0.15, 0.2) is 176 Å². The van der Waals surface area contributed by atoms with Gasteiger partial charge in [0.1, 0.15) is 0 Å². The highest BCUT2D eigenvalue weighted by molar-refractivity contribution is 6.13. The van der Waals surface area contributed by atoms with Crippen LogP contribution in [0.25, 0.3) is 65.9 Å². The Labute approximate surface area is 308 Å². The lowest BCUT2D eigenvalue weighted by Crippen LogP contribution is -2.11. The molecule has 0 saturated heterocycles. The Hall–Kier alpha value is -6.65. The van der Waals surface area contributed by atoms with E-state index >= 15 is 0 Å². The molecule has 0 bridgehead atoms. The van der Waals surface area contributed by atoms with Gasteiger partial charge in [-0.15, -0.1) is 0 Å². The van der Waals surface area contributed by atoms with Crippen LogP contribution in [0.1, 0.15) is 26.3 Å². The van der Waals surface area contributed by atoms with Crippen LogP contribution in [0, 0.1) is 0 Å². The molecule has 0 aliphatic heterocycles. The van der Waals surface area contributed by atoms with Gasteiger partial charge in [-0.25, -0.2) is 0 Å². The van der Waals surface area contributed by atoms with Crippen LogP contribution < -0.4 is 4.90 Å². The van der Waals surface area contributed by atoms with E-state index in [9.17, 15) is 0 Å². The number of rotatable bonds is 5. The summed E-state index contributed by atoms with van der Waals surface area (Å²) in [4.78, 5) is 7.18. The number of anilines is 3. The summed E-state index contributed by atoms with van der Waals surface area (Å²) in [5.41, 5.74) is 12.6. The summed E-state index contributed by atoms with van der Waals surface area (Å²) >= 11 is 0. The lowest BCUT2D eigenvalue weighted by Gasteiger charge is -2.27. The van der Waals surface area contributed by atoms with Gasteiger partial charge in [0, 0.05) is 55.9 Å². The van der Waals surface area contributed by atoms with Crippen molar-refractivity contribution in [2.24, 2.45) is 0 Å². The summed E-state index contributed by atoms with van der Waals surface area (Å²) in [6.07, 6.45) is 1.87. The lowest BCUT2D eigenvalue weighted by molar-refractivity contribution is 0.591. The zero-order valence-electron chi connectivity index (χ0n) is 30.0. The molecule has 3 heterocycles. The van der Waals surface area contributed by atoms with Crippen LogP contribution in [0.2, 0.25) is 0 Å². The summed E-state index contributed by atoms with van der Waals surface area (Å²) in [7, 11) is 0. The van der Waals surface area contributed by atoms with Gasteiger partial charge in [0.05, 0.1) is 33.3 Å². The zero-order chi connectivity index (χ0) is 35.7. The Morgan fingerprint density at radius 3 is 1.60 bits per heavy atom. The van der Waals surface area contributed by atoms with Gasteiger partial charge in [0.2, 0.25) is 0 Å². The van der Waals surface area contributed by atoms with E-state index in [-0.39, 0.29) is 5.41 Å². The number of para-hydroxylation sites is 3. The molecule has 4 nitrogen and oxygen atoms in total. The van der Waals surface area contributed by atoms with Crippen LogP contribution in [0.4, 0.5) is 17.1 Å². The van der Waals surface area contributed by atoms with Crippen molar-refractivity contribution in [3.63, 3.8) is 0 Å². The monoisotopic (exact) mass is 682 g/mol. The van der Waals surface area contributed by atoms with Crippen molar-refractivity contribution in [2.75, 3.05) is 4.90 Å². The molecular formula is C49H38N4. The predicted octanol–water partition coefficient (Wildman–Crippen LogP) is 13.2. The highest BCUT2D eigenvalue weighted by atomic mass is 15.1. The molecule has 7 aromatic carbocycles. The van der Waals surface area contributed by atoms with Gasteiger partial charge in [0.15, 0.2) is 0 Å². The quantitative estimate of drug-likeness (QED) is 0.181. The topological polar surface area (TPSA) is 26.0 Å². The fraction of sp³-hybridized carbons (Fsp3) is 0.0816. The van der Waals surface area contributed by atoms with Gasteiger partial charge in [-0.2, -0.15) is 0 Å². The van der Waals surface area contributed by atoms with Gasteiger partial charge in [-0.3, -0.25) is 4.98 Å². The molecule has 0 radical (unpaired) electrons. The standard InChI is InChI=1S/C49H38N4/c1-49(2,3)33-23-26-46-40(30-33)42-32-37(25-28-48(42)53(46)35-16-8-5-9-17-35)51(45-22-12-20-43-39(45)19-13-29-50-43)36-24-27-47-41(31-36)38-18-10-11-21-44(38)52(47)34-14-6-4-7-15-34/h4-32H,1-3H3. The van der Waals surface area contributed by atoms with Crippen molar-refractivity contribution in [1.82, 2.24) is 14.1 Å². The fourth-order valence-corrected chi connectivity index (χ4v) is 8.14. The molecule has 254 valence electrons. The van der Waals surface area contributed by atoms with Gasteiger partial charge in [0.25, 0.3) is 0 Å². The Bertz CT molecular complexity index is 2980. The smallest absolute Gasteiger partial charge is 0.0723 e. The SMILES string of the molecule is CC(C)(C)c1ccc2c(c1)c1cc(N(c3ccc4c(c3)c3ccccc3n4-c3ccccc3)c3cccc4ncccc34)ccc1n2-c1ccccc1. The van der Waals surface area contributed by atoms with Gasteiger partial charge in [-0.05, 0) is 114 Å². The number of hydrogen-bond acceptors (Lipinski definition) is 2. The third-order valence-corrected chi connectivity index (χ3v) is 10.7. The first kappa shape index (κ1) is 31.1. The van der Waals surface area contributed by atoms with Crippen LogP contribution in [-0.2, 0) is 5.41 Å². The average Bonchev–Trinajstić information content (AvgIpc) is 3.70. The molecule has 0 amide bonds. The summed E-state index contributed by atoms with van der Waals surface area (Å²) in [6.45, 7) is 6.87. The second-order valence-electron chi connectivity index (χ2n) is 14.9. The van der Waals surface area contributed by atoms with Crippen molar-refractivity contribution >= 4 is 71.6 Å². The molecule has 4 heteroatoms. The third kappa shape index (κ3) is 5.02. The van der Waals surface area contributed by atoms with Crippen LogP contribution in [-0.4, -0.2) is 14.1 Å². The van der Waals surface area contributed by atoms with E-state index in [1.54, 1.807) is 0 Å². The zero-order valence-corrected chi connectivity index (χ0v) is 30.0. The van der Waals surface area contributed by atoms with E-state index in [4.69, 9.17) is 4.98 Å². The molecule has 0 aliphatic carbocycles. The van der Waals surface area contributed by atoms with E-state index in [1.807, 2.05) is 12.3 Å². The van der Waals surface area contributed by atoms with Crippen molar-refractivity contribution in [3.8, 4) is 11.4 Å². The Kier molecular flexibility index (Phi) is 7.02. The largest absolute Gasteiger partial charge is 0.310 e. The summed E-state index contributed by atoms with van der Waals surface area (Å²) in [6, 6.07) is 61.6. The van der Waals surface area contributed by atoms with E-state index in [0.29, 0.717) is 0 Å². The van der Waals surface area contributed by atoms with Gasteiger partial charge < -0.3 is 14.0 Å². The first-order chi connectivity index (χ1) is 25.9. The minimum atomic E-state index is 0.0172. The second-order valence-corrected chi connectivity index (χ2v) is 14.9. The summed E-state index contributed by atoms with van der Waals surface area (Å²) < 4.78 is 4.77. The Morgan fingerprint density at radius 2 is 0.962 bits per heavy atom. The predicted molar refractivity (Wildman–Crippen MR) is 224 cm³/mol. The molecule has 3 aromatic heterocycles. The minimum Gasteiger partial charge on any atom is -0.310 e. The highest BCUT2D eigenvalue weighted by Gasteiger charge is 2.22. The normalized spacial score (nSPS) is 12.1. The molecule has 10 aromatic rings. The van der Waals surface area contributed by atoms with E-state index in [0.717, 1.165) is 39.3 Å². The van der Waals surface area contributed by atoms with Crippen LogP contribution in [0.5, 0.6) is 0 Å². The molecule has 0 saturated carbocycles. The number of fused-ring (bicyclic) bond motifs is 7. The first-order valence-electron chi connectivity index (χ1n) is 18.3. The molecule has 0 N–H and O–H groups in total. The molecule has 10 rings (SSSR count). The maximum absolute atomic E-state index is 4.77. The van der Waals surface area contributed by atoms with Crippen molar-refractivity contribution < 1.29 is 0 Å². The Balaban J connectivity index is 1.26. The number of aromatic nitrogens is 3. The van der Waals surface area contributed by atoms with Crippen LogP contribution >= 0.6 is 0 Å². The summed E-state index contributed by atoms with van der Waals surface area (Å²) in [5.74, 6) is 0. The fourth-order valence-electron chi connectivity index (χ4n) is 8.14. The van der Waals surface area contributed by atoms with E-state index in [2.05, 4.69) is 199 Å². The van der Waals surface area contributed by atoms with Crippen molar-refractivity contribution in [1.29, 1.82) is 0 Å². The van der Waals surface area contributed by atoms with E-state index in [1.165, 1.54) is 49.2 Å². The Morgan fingerprint density at radius 1 is 0.434 bits per heavy atom. The van der Waals surface area contributed by atoms with Crippen LogP contribution in [0.3, 0.4) is 0 Å². The number of nitrogens with zero attached hydrogens (tertiary/aromatic N) is 4. The number of pyridine rings is 1. The molecule has 0 fully saturated rings. The van der Waals surface area contributed by atoms with Gasteiger partial charge >= 0.3 is 0 Å². The maximum Gasteiger partial charge on any atom is 0.0723 e. The highest BCUT2D eigenvalue weighted by Crippen LogP contribution is 2.44. The van der Waals surface area contributed by atoms with Crippen molar-refractivity contribution in [3.05, 3.63) is 182 Å². The van der Waals surface area contributed by atoms with Gasteiger partial charge in [-0.1, -0.05) is 87.5 Å². The maximum atomic E-state index is 4.77. The molecule has 53 heavy (non-hydrogen) atoms. The average molecular weight is 683 g/mol. The number of hydrogen-bond donors (Lipinski definition) is 0. The molecule has 0 atom stereocenters. The molecular weight excluding hydrogens is 645 g/mol. The summed E-state index contributed by atoms with van der Waals surface area (Å²) in [5, 5.41) is 6.01. The first-order valence-corrected chi connectivity index (χ1v) is 18.3. The van der Waals surface area contributed by atoms with E-state index < -0.39 is 0 Å². The second kappa shape index (κ2) is 12.0. The molecule has 0 aliphatic rings. The third-order valence-electron chi connectivity index (χ3n) is 10.7. The minimum absolute atomic E-state index is 0.0172. The van der Waals surface area contributed by atoms with Crippen molar-refractivity contribution in [2.45, 2.75) is 26.2 Å². The molecule has 0 unspecified atom stereocenters. The lowest BCUT2D eigenvalue weighted by atomic mass is 9.86.